The molecule has 0 amide bonds. The zero-order valence-corrected chi connectivity index (χ0v) is 15.5. The summed E-state index contributed by atoms with van der Waals surface area (Å²) in [6, 6.07) is 32.8. The summed E-state index contributed by atoms with van der Waals surface area (Å²) in [5, 5.41) is 0. The summed E-state index contributed by atoms with van der Waals surface area (Å²) in [5.41, 5.74) is 5.08. The molecule has 28 heavy (non-hydrogen) atoms. The fraction of sp³-hybridized carbons (Fsp3) is 0.0769. The van der Waals surface area contributed by atoms with E-state index in [4.69, 9.17) is 9.47 Å². The molecule has 0 bridgehead atoms. The predicted octanol–water partition coefficient (Wildman–Crippen LogP) is 6.77. The van der Waals surface area contributed by atoms with E-state index in [1.54, 1.807) is 0 Å². The highest BCUT2D eigenvalue weighted by Gasteiger charge is 2.15. The van der Waals surface area contributed by atoms with Crippen molar-refractivity contribution in [2.75, 3.05) is 0 Å². The van der Waals surface area contributed by atoms with Crippen molar-refractivity contribution in [1.29, 1.82) is 0 Å². The van der Waals surface area contributed by atoms with E-state index in [1.165, 1.54) is 22.3 Å². The van der Waals surface area contributed by atoms with Crippen molar-refractivity contribution in [3.05, 3.63) is 119 Å². The Kier molecular flexibility index (Phi) is 4.30. The molecule has 0 atom stereocenters. The zero-order valence-electron chi connectivity index (χ0n) is 15.5. The van der Waals surface area contributed by atoms with Crippen LogP contribution in [0.4, 0.5) is 0 Å². The van der Waals surface area contributed by atoms with Gasteiger partial charge in [-0.1, -0.05) is 72.8 Å². The summed E-state index contributed by atoms with van der Waals surface area (Å²) >= 11 is 0. The maximum atomic E-state index is 5.78. The molecule has 2 nitrogen and oxygen atoms in total. The maximum Gasteiger partial charge on any atom is 0.130 e. The van der Waals surface area contributed by atoms with Gasteiger partial charge in [0.25, 0.3) is 0 Å². The molecule has 0 N–H and O–H groups in total. The van der Waals surface area contributed by atoms with Crippen LogP contribution in [0.2, 0.25) is 0 Å². The lowest BCUT2D eigenvalue weighted by molar-refractivity contribution is 0.460. The van der Waals surface area contributed by atoms with Gasteiger partial charge in [-0.3, -0.25) is 0 Å². The highest BCUT2D eigenvalue weighted by atomic mass is 16.5. The van der Waals surface area contributed by atoms with E-state index in [-0.39, 0.29) is 0 Å². The van der Waals surface area contributed by atoms with Gasteiger partial charge in [-0.15, -0.1) is 0 Å². The lowest BCUT2D eigenvalue weighted by Crippen LogP contribution is -2.01. The van der Waals surface area contributed by atoms with Crippen LogP contribution < -0.4 is 9.47 Å². The molecular formula is C26H20O2. The van der Waals surface area contributed by atoms with Gasteiger partial charge in [0, 0.05) is 12.8 Å². The molecule has 0 saturated carbocycles. The van der Waals surface area contributed by atoms with Crippen LogP contribution in [0.15, 0.2) is 97.1 Å². The first-order valence-corrected chi connectivity index (χ1v) is 9.54. The standard InChI is InChI=1S/2C13H10O/c2*1-3-7-12-10(5-1)9-11-6-2-4-8-13(11)14-12/h2*1-8H,9H2. The van der Waals surface area contributed by atoms with Crippen molar-refractivity contribution < 1.29 is 9.47 Å². The van der Waals surface area contributed by atoms with Crippen molar-refractivity contribution in [3.63, 3.8) is 0 Å². The molecule has 0 spiro atoms. The Bertz CT molecular complexity index is 864. The lowest BCUT2D eigenvalue weighted by Gasteiger charge is -2.19. The van der Waals surface area contributed by atoms with Gasteiger partial charge in [-0.05, 0) is 46.5 Å². The number of fused-ring (bicyclic) bond motifs is 4. The number of ether oxygens (including phenoxy) is 2. The Morgan fingerprint density at radius 2 is 0.607 bits per heavy atom. The largest absolute Gasteiger partial charge is 0.457 e. The van der Waals surface area contributed by atoms with Crippen molar-refractivity contribution in [1.82, 2.24) is 0 Å². The SMILES string of the molecule is c1ccc2c(c1)Cc1ccccc1O2.c1ccc2c(c1)Cc1ccccc1O2. The van der Waals surface area contributed by atoms with Gasteiger partial charge in [0.2, 0.25) is 0 Å². The number of rotatable bonds is 0. The van der Waals surface area contributed by atoms with Gasteiger partial charge in [-0.2, -0.15) is 0 Å². The smallest absolute Gasteiger partial charge is 0.130 e. The molecule has 2 aliphatic rings. The Morgan fingerprint density at radius 3 is 0.893 bits per heavy atom. The summed E-state index contributed by atoms with van der Waals surface area (Å²) in [6.07, 6.45) is 1.96. The minimum Gasteiger partial charge on any atom is -0.457 e. The zero-order chi connectivity index (χ0) is 18.8. The van der Waals surface area contributed by atoms with E-state index in [0.717, 1.165) is 35.8 Å². The molecule has 6 rings (SSSR count). The molecule has 2 aliphatic heterocycles. The van der Waals surface area contributed by atoms with Crippen LogP contribution in [0, 0.1) is 0 Å². The molecule has 0 aliphatic carbocycles. The molecule has 2 heterocycles. The molecule has 2 heteroatoms. The molecule has 4 aromatic rings. The van der Waals surface area contributed by atoms with E-state index in [1.807, 2.05) is 48.5 Å². The van der Waals surface area contributed by atoms with Crippen LogP contribution in [-0.2, 0) is 12.8 Å². The Labute approximate surface area is 165 Å². The van der Waals surface area contributed by atoms with Crippen LogP contribution in [-0.4, -0.2) is 0 Å². The molecule has 0 radical (unpaired) electrons. The van der Waals surface area contributed by atoms with Gasteiger partial charge in [0.05, 0.1) is 0 Å². The highest BCUT2D eigenvalue weighted by Crippen LogP contribution is 2.36. The van der Waals surface area contributed by atoms with Gasteiger partial charge < -0.3 is 9.47 Å². The fourth-order valence-electron chi connectivity index (χ4n) is 3.65. The monoisotopic (exact) mass is 364 g/mol. The molecular weight excluding hydrogens is 344 g/mol. The van der Waals surface area contributed by atoms with E-state index < -0.39 is 0 Å². The van der Waals surface area contributed by atoms with Crippen molar-refractivity contribution in [2.24, 2.45) is 0 Å². The number of hydrogen-bond acceptors (Lipinski definition) is 2. The van der Waals surface area contributed by atoms with E-state index in [9.17, 15) is 0 Å². The first-order valence-electron chi connectivity index (χ1n) is 9.54. The van der Waals surface area contributed by atoms with E-state index >= 15 is 0 Å². The average molecular weight is 364 g/mol. The third-order valence-corrected chi connectivity index (χ3v) is 5.09. The normalized spacial score (nSPS) is 12.6. The summed E-state index contributed by atoms with van der Waals surface area (Å²) in [5.74, 6) is 3.97. The van der Waals surface area contributed by atoms with Crippen LogP contribution in [0.1, 0.15) is 22.3 Å². The minimum absolute atomic E-state index is 0.979. The molecule has 4 aromatic carbocycles. The predicted molar refractivity (Wildman–Crippen MR) is 112 cm³/mol. The quantitative estimate of drug-likeness (QED) is 0.296. The van der Waals surface area contributed by atoms with E-state index in [2.05, 4.69) is 48.5 Å². The van der Waals surface area contributed by atoms with Crippen LogP contribution >= 0.6 is 0 Å². The topological polar surface area (TPSA) is 18.5 Å². The second-order valence-electron chi connectivity index (χ2n) is 6.99. The molecule has 0 aromatic heterocycles. The van der Waals surface area contributed by atoms with Crippen LogP contribution in [0.5, 0.6) is 23.0 Å². The lowest BCUT2D eigenvalue weighted by atomic mass is 10.0. The Morgan fingerprint density at radius 1 is 0.357 bits per heavy atom. The second kappa shape index (κ2) is 7.24. The van der Waals surface area contributed by atoms with Crippen LogP contribution in [0.3, 0.4) is 0 Å². The number of benzene rings is 4. The molecule has 136 valence electrons. The van der Waals surface area contributed by atoms with Crippen molar-refractivity contribution >= 4 is 0 Å². The maximum absolute atomic E-state index is 5.78. The van der Waals surface area contributed by atoms with Gasteiger partial charge in [0.15, 0.2) is 0 Å². The van der Waals surface area contributed by atoms with Crippen molar-refractivity contribution in [2.45, 2.75) is 12.8 Å². The average Bonchev–Trinajstić information content (AvgIpc) is 2.76. The summed E-state index contributed by atoms with van der Waals surface area (Å²) in [7, 11) is 0. The third kappa shape index (κ3) is 3.25. The Hall–Kier alpha value is -3.52. The highest BCUT2D eigenvalue weighted by molar-refractivity contribution is 5.50. The Balaban J connectivity index is 0.000000122. The first kappa shape index (κ1) is 16.6. The van der Waals surface area contributed by atoms with Gasteiger partial charge >= 0.3 is 0 Å². The van der Waals surface area contributed by atoms with E-state index in [0.29, 0.717) is 0 Å². The van der Waals surface area contributed by atoms with Crippen LogP contribution in [0.25, 0.3) is 0 Å². The number of hydrogen-bond donors (Lipinski definition) is 0. The first-order chi connectivity index (χ1) is 13.9. The van der Waals surface area contributed by atoms with Gasteiger partial charge in [0.1, 0.15) is 23.0 Å². The summed E-state index contributed by atoms with van der Waals surface area (Å²) in [6.45, 7) is 0. The second-order valence-corrected chi connectivity index (χ2v) is 6.99. The molecule has 0 saturated heterocycles. The van der Waals surface area contributed by atoms with Gasteiger partial charge in [-0.25, -0.2) is 0 Å². The molecule has 0 fully saturated rings. The molecule has 0 unspecified atom stereocenters. The third-order valence-electron chi connectivity index (χ3n) is 5.09. The summed E-state index contributed by atoms with van der Waals surface area (Å²) in [4.78, 5) is 0. The minimum atomic E-state index is 0.979. The number of para-hydroxylation sites is 4. The van der Waals surface area contributed by atoms with Crippen molar-refractivity contribution in [3.8, 4) is 23.0 Å². The summed E-state index contributed by atoms with van der Waals surface area (Å²) < 4.78 is 11.6. The fourth-order valence-corrected chi connectivity index (χ4v) is 3.65.